The number of aromatic nitrogens is 2. The highest BCUT2D eigenvalue weighted by molar-refractivity contribution is 9.10. The molecule has 4 rings (SSSR count). The van der Waals surface area contributed by atoms with Crippen LogP contribution in [0.5, 0.6) is 0 Å². The second-order valence-electron chi connectivity index (χ2n) is 6.69. The van der Waals surface area contributed by atoms with Crippen molar-refractivity contribution in [3.05, 3.63) is 80.3 Å². The maximum Gasteiger partial charge on any atom is 0.301 e. The monoisotopic (exact) mass is 469 g/mol. The summed E-state index contributed by atoms with van der Waals surface area (Å²) in [6, 6.07) is 13.6. The number of carbonyl (C=O) groups excluding carboxylic acids is 2. The molecule has 2 heterocycles. The summed E-state index contributed by atoms with van der Waals surface area (Å²) in [5, 5.41) is 20.0. The van der Waals surface area contributed by atoms with Crippen LogP contribution in [0.3, 0.4) is 0 Å². The SMILES string of the molecule is Cc1ccc(C(O)=C2C(=O)C(=O)N(c3nnc(C)s3)[C@H]2c2ccc(Br)cc2)cc1. The number of hydrogen-bond acceptors (Lipinski definition) is 6. The molecule has 2 aromatic carbocycles. The predicted octanol–water partition coefficient (Wildman–Crippen LogP) is 4.54. The molecule has 1 amide bonds. The minimum atomic E-state index is -0.795. The van der Waals surface area contributed by atoms with Gasteiger partial charge in [-0.2, -0.15) is 0 Å². The van der Waals surface area contributed by atoms with Gasteiger partial charge in [-0.05, 0) is 31.5 Å². The maximum atomic E-state index is 13.0. The van der Waals surface area contributed by atoms with E-state index in [0.29, 0.717) is 21.3 Å². The predicted molar refractivity (Wildman–Crippen MR) is 115 cm³/mol. The van der Waals surface area contributed by atoms with Crippen LogP contribution in [0.25, 0.3) is 5.76 Å². The molecule has 1 aromatic heterocycles. The third-order valence-electron chi connectivity index (χ3n) is 4.68. The first-order valence-electron chi connectivity index (χ1n) is 8.80. The van der Waals surface area contributed by atoms with Crippen molar-refractivity contribution in [1.29, 1.82) is 0 Å². The number of amides is 1. The lowest BCUT2D eigenvalue weighted by Gasteiger charge is -2.22. The second kappa shape index (κ2) is 7.53. The van der Waals surface area contributed by atoms with Crippen molar-refractivity contribution in [2.45, 2.75) is 19.9 Å². The van der Waals surface area contributed by atoms with E-state index in [2.05, 4.69) is 26.1 Å². The first-order chi connectivity index (χ1) is 13.9. The fourth-order valence-corrected chi connectivity index (χ4v) is 4.22. The van der Waals surface area contributed by atoms with Gasteiger partial charge in [0.15, 0.2) is 0 Å². The van der Waals surface area contributed by atoms with Gasteiger partial charge >= 0.3 is 5.91 Å². The molecule has 6 nitrogen and oxygen atoms in total. The summed E-state index contributed by atoms with van der Waals surface area (Å²) in [4.78, 5) is 27.2. The molecule has 1 fully saturated rings. The molecule has 1 atom stereocenters. The van der Waals surface area contributed by atoms with Gasteiger partial charge in [-0.1, -0.05) is 69.2 Å². The Morgan fingerprint density at radius 1 is 1.03 bits per heavy atom. The van der Waals surface area contributed by atoms with Gasteiger partial charge in [0.05, 0.1) is 11.6 Å². The molecular formula is C21H16BrN3O3S. The van der Waals surface area contributed by atoms with Crippen molar-refractivity contribution < 1.29 is 14.7 Å². The van der Waals surface area contributed by atoms with Crippen molar-refractivity contribution >= 4 is 49.8 Å². The molecule has 0 radical (unpaired) electrons. The summed E-state index contributed by atoms with van der Waals surface area (Å²) in [6.07, 6.45) is 0. The molecule has 0 unspecified atom stereocenters. The Labute approximate surface area is 179 Å². The number of ketones is 1. The summed E-state index contributed by atoms with van der Waals surface area (Å²) in [7, 11) is 0. The third-order valence-corrected chi connectivity index (χ3v) is 6.04. The molecule has 0 saturated carbocycles. The first-order valence-corrected chi connectivity index (χ1v) is 10.4. The largest absolute Gasteiger partial charge is 0.507 e. The normalized spacial score (nSPS) is 18.4. The summed E-state index contributed by atoms with van der Waals surface area (Å²) >= 11 is 4.62. The number of anilines is 1. The fraction of sp³-hybridized carbons (Fsp3) is 0.143. The topological polar surface area (TPSA) is 83.4 Å². The molecule has 0 bridgehead atoms. The molecule has 1 saturated heterocycles. The number of hydrogen-bond donors (Lipinski definition) is 1. The highest BCUT2D eigenvalue weighted by Gasteiger charge is 2.48. The van der Waals surface area contributed by atoms with Crippen LogP contribution in [0.4, 0.5) is 5.13 Å². The van der Waals surface area contributed by atoms with Crippen LogP contribution >= 0.6 is 27.3 Å². The minimum Gasteiger partial charge on any atom is -0.507 e. The highest BCUT2D eigenvalue weighted by atomic mass is 79.9. The molecule has 0 spiro atoms. The second-order valence-corrected chi connectivity index (χ2v) is 8.77. The Hall–Kier alpha value is -2.84. The summed E-state index contributed by atoms with van der Waals surface area (Å²) in [5.74, 6) is -1.69. The molecule has 29 heavy (non-hydrogen) atoms. The van der Waals surface area contributed by atoms with Crippen molar-refractivity contribution in [2.24, 2.45) is 0 Å². The van der Waals surface area contributed by atoms with Crippen LogP contribution in [0.15, 0.2) is 58.6 Å². The van der Waals surface area contributed by atoms with Crippen LogP contribution in [0.1, 0.15) is 27.7 Å². The van der Waals surface area contributed by atoms with Gasteiger partial charge in [0, 0.05) is 10.0 Å². The van der Waals surface area contributed by atoms with Crippen LogP contribution in [-0.2, 0) is 9.59 Å². The van der Waals surface area contributed by atoms with Gasteiger partial charge in [0.2, 0.25) is 5.13 Å². The standard InChI is InChI=1S/C21H16BrN3O3S/c1-11-3-5-14(6-4-11)18(26)16-17(13-7-9-15(22)10-8-13)25(20(28)19(16)27)21-24-23-12(2)29-21/h3-10,17,26H,1-2H3/t17-/m0/s1. The third kappa shape index (κ3) is 3.49. The van der Waals surface area contributed by atoms with Crippen LogP contribution < -0.4 is 4.90 Å². The Balaban J connectivity index is 1.93. The van der Waals surface area contributed by atoms with Gasteiger partial charge in [-0.15, -0.1) is 10.2 Å². The number of rotatable bonds is 3. The van der Waals surface area contributed by atoms with Crippen molar-refractivity contribution in [3.8, 4) is 0 Å². The van der Waals surface area contributed by atoms with E-state index in [0.717, 1.165) is 10.0 Å². The molecular weight excluding hydrogens is 454 g/mol. The van der Waals surface area contributed by atoms with Gasteiger partial charge in [0.1, 0.15) is 10.8 Å². The first kappa shape index (κ1) is 19.5. The van der Waals surface area contributed by atoms with Crippen LogP contribution in [-0.4, -0.2) is 27.0 Å². The number of benzene rings is 2. The number of aliphatic hydroxyl groups is 1. The quantitative estimate of drug-likeness (QED) is 0.345. The number of nitrogens with zero attached hydrogens (tertiary/aromatic N) is 3. The number of aryl methyl sites for hydroxylation is 2. The van der Waals surface area contributed by atoms with E-state index in [4.69, 9.17) is 0 Å². The van der Waals surface area contributed by atoms with Gasteiger partial charge in [-0.25, -0.2) is 0 Å². The number of halogens is 1. The average Bonchev–Trinajstić information content (AvgIpc) is 3.24. The van der Waals surface area contributed by atoms with Crippen LogP contribution in [0.2, 0.25) is 0 Å². The van der Waals surface area contributed by atoms with Gasteiger partial charge in [0.25, 0.3) is 5.78 Å². The minimum absolute atomic E-state index is 0.0361. The molecule has 0 aliphatic carbocycles. The van der Waals surface area contributed by atoms with Crippen molar-refractivity contribution in [1.82, 2.24) is 10.2 Å². The van der Waals surface area contributed by atoms with Gasteiger partial charge < -0.3 is 5.11 Å². The van der Waals surface area contributed by atoms with E-state index in [1.165, 1.54) is 16.2 Å². The molecule has 1 N–H and O–H groups in total. The summed E-state index contributed by atoms with van der Waals surface area (Å²) in [6.45, 7) is 3.71. The Morgan fingerprint density at radius 2 is 1.69 bits per heavy atom. The van der Waals surface area contributed by atoms with Crippen LogP contribution in [0, 0.1) is 13.8 Å². The average molecular weight is 470 g/mol. The van der Waals surface area contributed by atoms with Crippen molar-refractivity contribution in [3.63, 3.8) is 0 Å². The summed E-state index contributed by atoms with van der Waals surface area (Å²) in [5.41, 5.74) is 2.22. The molecule has 146 valence electrons. The number of Topliss-reactive ketones (excluding diaryl/α,β-unsaturated/α-hetero) is 1. The highest BCUT2D eigenvalue weighted by Crippen LogP contribution is 2.43. The number of aliphatic hydroxyl groups excluding tert-OH is 1. The van der Waals surface area contributed by atoms with E-state index in [9.17, 15) is 14.7 Å². The van der Waals surface area contributed by atoms with E-state index in [-0.39, 0.29) is 11.3 Å². The Kier molecular flexibility index (Phi) is 5.06. The summed E-state index contributed by atoms with van der Waals surface area (Å²) < 4.78 is 0.864. The lowest BCUT2D eigenvalue weighted by molar-refractivity contribution is -0.132. The van der Waals surface area contributed by atoms with Crippen molar-refractivity contribution in [2.75, 3.05) is 4.90 Å². The Morgan fingerprint density at radius 3 is 2.28 bits per heavy atom. The molecule has 3 aromatic rings. The molecule has 8 heteroatoms. The van der Waals surface area contributed by atoms with Gasteiger partial charge in [-0.3, -0.25) is 14.5 Å². The lowest BCUT2D eigenvalue weighted by atomic mass is 9.95. The zero-order chi connectivity index (χ0) is 20.7. The van der Waals surface area contributed by atoms with E-state index in [1.807, 2.05) is 43.3 Å². The smallest absolute Gasteiger partial charge is 0.301 e. The molecule has 1 aliphatic heterocycles. The lowest BCUT2D eigenvalue weighted by Crippen LogP contribution is -2.29. The molecule has 1 aliphatic rings. The fourth-order valence-electron chi connectivity index (χ4n) is 3.24. The Bertz CT molecular complexity index is 1140. The van der Waals surface area contributed by atoms with E-state index < -0.39 is 17.7 Å². The van der Waals surface area contributed by atoms with E-state index >= 15 is 0 Å². The van der Waals surface area contributed by atoms with E-state index in [1.54, 1.807) is 19.1 Å². The number of carbonyl (C=O) groups is 2. The zero-order valence-corrected chi connectivity index (χ0v) is 18.0. The zero-order valence-electron chi connectivity index (χ0n) is 15.6. The maximum absolute atomic E-state index is 13.0.